The number of hydrogen-bond donors (Lipinski definition) is 5. The number of carbonyl (C=O) groups is 3. The smallest absolute Gasteiger partial charge is 0.316 e. The van der Waals surface area contributed by atoms with Crippen LogP contribution >= 0.6 is 0 Å². The van der Waals surface area contributed by atoms with Gasteiger partial charge in [-0.25, -0.2) is 4.79 Å². The lowest BCUT2D eigenvalue weighted by Gasteiger charge is -2.25. The molecule has 33 heavy (non-hydrogen) atoms. The van der Waals surface area contributed by atoms with E-state index < -0.39 is 6.03 Å². The second-order valence-corrected chi connectivity index (χ2v) is 8.51. The van der Waals surface area contributed by atoms with Crippen molar-refractivity contribution in [1.29, 1.82) is 0 Å². The Hall–Kier alpha value is -3.59. The molecule has 1 aromatic carbocycles. The van der Waals surface area contributed by atoms with E-state index in [1.54, 1.807) is 24.4 Å². The zero-order chi connectivity index (χ0) is 23.4. The van der Waals surface area contributed by atoms with Crippen molar-refractivity contribution in [3.05, 3.63) is 47.3 Å². The van der Waals surface area contributed by atoms with E-state index in [1.807, 2.05) is 13.0 Å². The summed E-state index contributed by atoms with van der Waals surface area (Å²) in [6.07, 6.45) is 5.97. The number of hydrogen-bond acceptors (Lipinski definition) is 4. The monoisotopic (exact) mass is 450 g/mol. The Kier molecular flexibility index (Phi) is 6.79. The molecule has 9 nitrogen and oxygen atoms in total. The molecule has 0 spiro atoms. The zero-order valence-electron chi connectivity index (χ0n) is 18.8. The van der Waals surface area contributed by atoms with Gasteiger partial charge in [0.05, 0.1) is 5.57 Å². The van der Waals surface area contributed by atoms with Crippen LogP contribution in [0.25, 0.3) is 11.1 Å². The summed E-state index contributed by atoms with van der Waals surface area (Å²) in [5.74, 6) is -0.200. The number of anilines is 2. The normalized spacial score (nSPS) is 17.3. The average Bonchev–Trinajstić information content (AvgIpc) is 3.39. The topological polar surface area (TPSA) is 132 Å². The molecule has 0 saturated carbocycles. The van der Waals surface area contributed by atoms with Gasteiger partial charge >= 0.3 is 6.03 Å². The molecule has 2 aliphatic heterocycles. The highest BCUT2D eigenvalue weighted by molar-refractivity contribution is 6.36. The van der Waals surface area contributed by atoms with Crippen molar-refractivity contribution < 1.29 is 14.4 Å². The highest BCUT2D eigenvalue weighted by atomic mass is 16.2. The Labute approximate surface area is 192 Å². The first-order valence-electron chi connectivity index (χ1n) is 11.3. The highest BCUT2D eigenvalue weighted by Crippen LogP contribution is 2.38. The predicted octanol–water partition coefficient (Wildman–Crippen LogP) is 2.88. The minimum absolute atomic E-state index is 0.0177. The molecule has 9 heteroatoms. The SMILES string of the molecule is C/C(=C1\C(=O)Nc2ccc(NC(N)=O)cc21)c1[nH]ccc1CNC(=O)CCN1CCCCC1. The van der Waals surface area contributed by atoms with E-state index in [1.165, 1.54) is 19.3 Å². The number of urea groups is 1. The van der Waals surface area contributed by atoms with E-state index in [0.717, 1.165) is 36.5 Å². The fourth-order valence-electron chi connectivity index (χ4n) is 4.51. The fraction of sp³-hybridized carbons (Fsp3) is 0.375. The number of aromatic amines is 1. The van der Waals surface area contributed by atoms with E-state index in [9.17, 15) is 14.4 Å². The summed E-state index contributed by atoms with van der Waals surface area (Å²) < 4.78 is 0. The molecule has 3 heterocycles. The standard InChI is InChI=1S/C24H30N6O3/c1-15(21-18-13-17(28-24(25)33)5-6-19(18)29-23(21)32)22-16(7-9-26-22)14-27-20(31)8-12-30-10-3-2-4-11-30/h5-7,9,13,26H,2-4,8,10-12,14H2,1H3,(H,27,31)(H,29,32)(H3,25,28,33)/b21-15+. The maximum absolute atomic E-state index is 12.7. The summed E-state index contributed by atoms with van der Waals surface area (Å²) in [7, 11) is 0. The number of carbonyl (C=O) groups excluding carboxylic acids is 3. The van der Waals surface area contributed by atoms with Crippen LogP contribution in [0.5, 0.6) is 0 Å². The van der Waals surface area contributed by atoms with Gasteiger partial charge < -0.3 is 31.6 Å². The number of rotatable bonds is 7. The van der Waals surface area contributed by atoms with Crippen molar-refractivity contribution in [3.63, 3.8) is 0 Å². The maximum Gasteiger partial charge on any atom is 0.316 e. The summed E-state index contributed by atoms with van der Waals surface area (Å²) in [5.41, 5.74) is 10.1. The molecule has 4 amide bonds. The molecule has 0 unspecified atom stereocenters. The van der Waals surface area contributed by atoms with Gasteiger partial charge in [0.1, 0.15) is 0 Å². The molecule has 2 aromatic rings. The van der Waals surface area contributed by atoms with Crippen LogP contribution in [0.15, 0.2) is 30.5 Å². The quantitative estimate of drug-likeness (QED) is 0.415. The minimum atomic E-state index is -0.669. The van der Waals surface area contributed by atoms with Crippen LogP contribution in [0.3, 0.4) is 0 Å². The molecule has 4 rings (SSSR count). The number of nitrogens with one attached hydrogen (secondary N) is 4. The van der Waals surface area contributed by atoms with Crippen molar-refractivity contribution in [2.45, 2.75) is 39.2 Å². The summed E-state index contributed by atoms with van der Waals surface area (Å²) in [6.45, 7) is 5.17. The van der Waals surface area contributed by atoms with Crippen LogP contribution in [0.1, 0.15) is 49.4 Å². The number of nitrogens with zero attached hydrogens (tertiary/aromatic N) is 1. The van der Waals surface area contributed by atoms with Crippen LogP contribution in [0.2, 0.25) is 0 Å². The van der Waals surface area contributed by atoms with Crippen molar-refractivity contribution in [1.82, 2.24) is 15.2 Å². The third-order valence-electron chi connectivity index (χ3n) is 6.19. The molecule has 0 aliphatic carbocycles. The number of allylic oxidation sites excluding steroid dienone is 1. The Bertz CT molecular complexity index is 1100. The van der Waals surface area contributed by atoms with E-state index in [-0.39, 0.29) is 11.8 Å². The van der Waals surface area contributed by atoms with E-state index in [0.29, 0.717) is 35.5 Å². The number of H-pyrrole nitrogens is 1. The lowest BCUT2D eigenvalue weighted by Crippen LogP contribution is -2.34. The summed E-state index contributed by atoms with van der Waals surface area (Å²) in [5, 5.41) is 8.40. The third kappa shape index (κ3) is 5.25. The van der Waals surface area contributed by atoms with Gasteiger partial charge in [0.2, 0.25) is 5.91 Å². The average molecular weight is 451 g/mol. The fourth-order valence-corrected chi connectivity index (χ4v) is 4.51. The largest absolute Gasteiger partial charge is 0.361 e. The van der Waals surface area contributed by atoms with Crippen molar-refractivity contribution in [2.75, 3.05) is 30.3 Å². The summed E-state index contributed by atoms with van der Waals surface area (Å²) in [4.78, 5) is 41.9. The van der Waals surface area contributed by atoms with E-state index in [4.69, 9.17) is 5.73 Å². The number of fused-ring (bicyclic) bond motifs is 1. The molecule has 0 radical (unpaired) electrons. The number of primary amides is 1. The van der Waals surface area contributed by atoms with Gasteiger partial charge in [0, 0.05) is 48.3 Å². The molecule has 1 aromatic heterocycles. The van der Waals surface area contributed by atoms with E-state index in [2.05, 4.69) is 25.8 Å². The third-order valence-corrected chi connectivity index (χ3v) is 6.19. The van der Waals surface area contributed by atoms with Gasteiger partial charge in [0.15, 0.2) is 0 Å². The lowest BCUT2D eigenvalue weighted by molar-refractivity contribution is -0.121. The maximum atomic E-state index is 12.7. The van der Waals surface area contributed by atoms with Gasteiger partial charge in [0.25, 0.3) is 5.91 Å². The van der Waals surface area contributed by atoms with Crippen LogP contribution in [-0.4, -0.2) is 47.4 Å². The second kappa shape index (κ2) is 9.91. The van der Waals surface area contributed by atoms with Gasteiger partial charge in [-0.2, -0.15) is 0 Å². The Balaban J connectivity index is 1.47. The minimum Gasteiger partial charge on any atom is -0.361 e. The van der Waals surface area contributed by atoms with Gasteiger partial charge in [-0.05, 0) is 68.3 Å². The number of aromatic nitrogens is 1. The highest BCUT2D eigenvalue weighted by Gasteiger charge is 2.28. The first-order valence-corrected chi connectivity index (χ1v) is 11.3. The molecular formula is C24H30N6O3. The van der Waals surface area contributed by atoms with Crippen LogP contribution < -0.4 is 21.7 Å². The number of piperidine rings is 1. The molecular weight excluding hydrogens is 420 g/mol. The van der Waals surface area contributed by atoms with Gasteiger partial charge in [-0.1, -0.05) is 6.42 Å². The summed E-state index contributed by atoms with van der Waals surface area (Å²) >= 11 is 0. The first-order chi connectivity index (χ1) is 15.9. The molecule has 1 fully saturated rings. The van der Waals surface area contributed by atoms with E-state index >= 15 is 0 Å². The predicted molar refractivity (Wildman–Crippen MR) is 128 cm³/mol. The summed E-state index contributed by atoms with van der Waals surface area (Å²) in [6, 6.07) is 6.38. The van der Waals surface area contributed by atoms with Crippen LogP contribution in [0, 0.1) is 0 Å². The van der Waals surface area contributed by atoms with Crippen LogP contribution in [-0.2, 0) is 16.1 Å². The zero-order valence-corrected chi connectivity index (χ0v) is 18.8. The number of benzene rings is 1. The Morgan fingerprint density at radius 2 is 1.94 bits per heavy atom. The second-order valence-electron chi connectivity index (χ2n) is 8.51. The molecule has 6 N–H and O–H groups in total. The van der Waals surface area contributed by atoms with Gasteiger partial charge in [-0.15, -0.1) is 0 Å². The lowest BCUT2D eigenvalue weighted by atomic mass is 9.97. The van der Waals surface area contributed by atoms with Crippen molar-refractivity contribution in [3.8, 4) is 0 Å². The number of likely N-dealkylation sites (tertiary alicyclic amines) is 1. The van der Waals surface area contributed by atoms with Crippen LogP contribution in [0.4, 0.5) is 16.2 Å². The molecule has 2 aliphatic rings. The molecule has 174 valence electrons. The number of amides is 4. The molecule has 0 atom stereocenters. The first kappa shape index (κ1) is 22.6. The number of nitrogens with two attached hydrogens (primary N) is 1. The Morgan fingerprint density at radius 1 is 1.15 bits per heavy atom. The molecule has 1 saturated heterocycles. The molecule has 0 bridgehead atoms. The van der Waals surface area contributed by atoms with Crippen molar-refractivity contribution >= 4 is 40.4 Å². The van der Waals surface area contributed by atoms with Crippen molar-refractivity contribution in [2.24, 2.45) is 5.73 Å². The van der Waals surface area contributed by atoms with Gasteiger partial charge in [-0.3, -0.25) is 9.59 Å². The Morgan fingerprint density at radius 3 is 2.70 bits per heavy atom.